The number of nitrogens with one attached hydrogen (secondary N) is 1. The fourth-order valence-corrected chi connectivity index (χ4v) is 1.00. The molecule has 0 amide bonds. The zero-order chi connectivity index (χ0) is 13.5. The molecule has 4 nitrogen and oxygen atoms in total. The van der Waals surface area contributed by atoms with Gasteiger partial charge in [0.2, 0.25) is 0 Å². The topological polar surface area (TPSA) is 61.7 Å². The Morgan fingerprint density at radius 3 is 2.18 bits per heavy atom. The predicted octanol–water partition coefficient (Wildman–Crippen LogP) is 0.533. The summed E-state index contributed by atoms with van der Waals surface area (Å²) >= 11 is 0. The van der Waals surface area contributed by atoms with Crippen molar-refractivity contribution in [3.8, 4) is 0 Å². The first-order chi connectivity index (χ1) is 7.73. The maximum atomic E-state index is 11.9. The Balaban J connectivity index is 3.54. The van der Waals surface area contributed by atoms with Crippen LogP contribution in [0.1, 0.15) is 13.8 Å². The molecule has 0 aromatic heterocycles. The van der Waals surface area contributed by atoms with Crippen LogP contribution in [0.3, 0.4) is 0 Å². The monoisotopic (exact) mass is 259 g/mol. The minimum absolute atomic E-state index is 0.0504. The van der Waals surface area contributed by atoms with Crippen LogP contribution in [0.2, 0.25) is 0 Å². The van der Waals surface area contributed by atoms with Gasteiger partial charge in [0, 0.05) is 19.7 Å². The first-order valence-electron chi connectivity index (χ1n) is 5.44. The first-order valence-corrected chi connectivity index (χ1v) is 5.44. The lowest BCUT2D eigenvalue weighted by Gasteiger charge is -2.17. The van der Waals surface area contributed by atoms with Crippen LogP contribution >= 0.6 is 0 Å². The summed E-state index contributed by atoms with van der Waals surface area (Å²) in [6.07, 6.45) is -7.92. The van der Waals surface area contributed by atoms with Crippen molar-refractivity contribution >= 4 is 0 Å². The van der Waals surface area contributed by atoms with Crippen LogP contribution in [0.4, 0.5) is 13.2 Å². The summed E-state index contributed by atoms with van der Waals surface area (Å²) < 4.78 is 40.8. The molecule has 0 rings (SSSR count). The maximum Gasteiger partial charge on any atom is 0.415 e. The van der Waals surface area contributed by atoms with Crippen LogP contribution in [0, 0.1) is 5.92 Å². The number of alkyl halides is 3. The molecule has 0 fully saturated rings. The Hall–Kier alpha value is -0.370. The molecule has 2 atom stereocenters. The lowest BCUT2D eigenvalue weighted by Crippen LogP contribution is -2.41. The summed E-state index contributed by atoms with van der Waals surface area (Å²) in [4.78, 5) is 0. The lowest BCUT2D eigenvalue weighted by atomic mass is 10.2. The lowest BCUT2D eigenvalue weighted by molar-refractivity contribution is -0.202. The molecular formula is C10H20F3NO3. The van der Waals surface area contributed by atoms with E-state index in [0.29, 0.717) is 12.5 Å². The molecule has 0 aliphatic carbocycles. The minimum atomic E-state index is -4.63. The van der Waals surface area contributed by atoms with E-state index in [-0.39, 0.29) is 13.2 Å². The SMILES string of the molecule is CC(C)COCC(O)CNCC(O)C(F)(F)F. The normalized spacial score (nSPS) is 16.2. The van der Waals surface area contributed by atoms with Gasteiger partial charge in [-0.1, -0.05) is 13.8 Å². The second kappa shape index (κ2) is 7.86. The quantitative estimate of drug-likeness (QED) is 0.595. The molecule has 0 heterocycles. The van der Waals surface area contributed by atoms with Crippen molar-refractivity contribution in [2.75, 3.05) is 26.3 Å². The second-order valence-corrected chi connectivity index (χ2v) is 4.30. The fraction of sp³-hybridized carbons (Fsp3) is 1.00. The molecule has 0 saturated heterocycles. The highest BCUT2D eigenvalue weighted by Crippen LogP contribution is 2.19. The molecule has 0 aliphatic rings. The van der Waals surface area contributed by atoms with E-state index in [2.05, 4.69) is 5.32 Å². The van der Waals surface area contributed by atoms with Crippen LogP contribution < -0.4 is 5.32 Å². The average molecular weight is 259 g/mol. The smallest absolute Gasteiger partial charge is 0.389 e. The van der Waals surface area contributed by atoms with Crippen LogP contribution in [0.5, 0.6) is 0 Å². The van der Waals surface area contributed by atoms with Gasteiger partial charge < -0.3 is 20.3 Å². The van der Waals surface area contributed by atoms with Crippen molar-refractivity contribution in [2.45, 2.75) is 32.2 Å². The van der Waals surface area contributed by atoms with Crippen molar-refractivity contribution < 1.29 is 28.1 Å². The van der Waals surface area contributed by atoms with Crippen molar-refractivity contribution in [3.63, 3.8) is 0 Å². The highest BCUT2D eigenvalue weighted by molar-refractivity contribution is 4.69. The minimum Gasteiger partial charge on any atom is -0.389 e. The van der Waals surface area contributed by atoms with Crippen molar-refractivity contribution in [2.24, 2.45) is 5.92 Å². The van der Waals surface area contributed by atoms with E-state index in [9.17, 15) is 18.3 Å². The summed E-state index contributed by atoms with van der Waals surface area (Å²) in [7, 11) is 0. The van der Waals surface area contributed by atoms with Crippen molar-refractivity contribution in [1.82, 2.24) is 5.32 Å². The van der Waals surface area contributed by atoms with Crippen LogP contribution in [0.15, 0.2) is 0 Å². The number of hydrogen-bond donors (Lipinski definition) is 3. The molecule has 0 aliphatic heterocycles. The number of aliphatic hydroxyl groups is 2. The molecule has 0 bridgehead atoms. The molecule has 3 N–H and O–H groups in total. The number of ether oxygens (including phenoxy) is 1. The van der Waals surface area contributed by atoms with Crippen LogP contribution in [-0.4, -0.2) is 54.9 Å². The molecule has 0 radical (unpaired) electrons. The molecule has 17 heavy (non-hydrogen) atoms. The van der Waals surface area contributed by atoms with Gasteiger partial charge in [-0.05, 0) is 5.92 Å². The van der Waals surface area contributed by atoms with Gasteiger partial charge in [-0.15, -0.1) is 0 Å². The molecule has 7 heteroatoms. The molecule has 104 valence electrons. The number of aliphatic hydroxyl groups excluding tert-OH is 2. The highest BCUT2D eigenvalue weighted by Gasteiger charge is 2.37. The maximum absolute atomic E-state index is 11.9. The average Bonchev–Trinajstić information content (AvgIpc) is 2.15. The van der Waals surface area contributed by atoms with Gasteiger partial charge in [-0.2, -0.15) is 13.2 Å². The third kappa shape index (κ3) is 9.34. The second-order valence-electron chi connectivity index (χ2n) is 4.30. The zero-order valence-corrected chi connectivity index (χ0v) is 10.00. The van der Waals surface area contributed by atoms with E-state index in [0.717, 1.165) is 0 Å². The Morgan fingerprint density at radius 2 is 1.71 bits per heavy atom. The molecule has 0 aromatic rings. The van der Waals surface area contributed by atoms with Crippen molar-refractivity contribution in [1.29, 1.82) is 0 Å². The van der Waals surface area contributed by atoms with Gasteiger partial charge in [-0.3, -0.25) is 0 Å². The number of halogens is 3. The zero-order valence-electron chi connectivity index (χ0n) is 10.00. The van der Waals surface area contributed by atoms with E-state index in [1.54, 1.807) is 0 Å². The summed E-state index contributed by atoms with van der Waals surface area (Å²) in [5.41, 5.74) is 0. The third-order valence-electron chi connectivity index (χ3n) is 1.86. The third-order valence-corrected chi connectivity index (χ3v) is 1.86. The van der Waals surface area contributed by atoms with E-state index in [1.165, 1.54) is 0 Å². The standard InChI is InChI=1S/C10H20F3NO3/c1-7(2)5-17-6-8(15)3-14-4-9(16)10(11,12)13/h7-9,14-16H,3-6H2,1-2H3. The largest absolute Gasteiger partial charge is 0.415 e. The molecule has 0 aromatic carbocycles. The van der Waals surface area contributed by atoms with Gasteiger partial charge >= 0.3 is 6.18 Å². The van der Waals surface area contributed by atoms with Crippen LogP contribution in [0.25, 0.3) is 0 Å². The van der Waals surface area contributed by atoms with Gasteiger partial charge in [0.1, 0.15) is 0 Å². The molecule has 0 saturated carbocycles. The first kappa shape index (κ1) is 16.6. The van der Waals surface area contributed by atoms with E-state index < -0.39 is 24.9 Å². The van der Waals surface area contributed by atoms with Gasteiger partial charge in [-0.25, -0.2) is 0 Å². The van der Waals surface area contributed by atoms with E-state index >= 15 is 0 Å². The summed E-state index contributed by atoms with van der Waals surface area (Å²) in [5, 5.41) is 20.3. The Labute approximate surface area is 98.8 Å². The number of rotatable bonds is 8. The van der Waals surface area contributed by atoms with Crippen LogP contribution in [-0.2, 0) is 4.74 Å². The summed E-state index contributed by atoms with van der Waals surface area (Å²) in [6, 6.07) is 0. The highest BCUT2D eigenvalue weighted by atomic mass is 19.4. The Morgan fingerprint density at radius 1 is 1.12 bits per heavy atom. The summed E-state index contributed by atoms with van der Waals surface area (Å²) in [5.74, 6) is 0.335. The fourth-order valence-electron chi connectivity index (χ4n) is 1.00. The predicted molar refractivity (Wildman–Crippen MR) is 56.6 cm³/mol. The summed E-state index contributed by atoms with van der Waals surface area (Å²) in [6.45, 7) is 3.76. The van der Waals surface area contributed by atoms with Crippen molar-refractivity contribution in [3.05, 3.63) is 0 Å². The Bertz CT molecular complexity index is 200. The molecular weight excluding hydrogens is 239 g/mol. The molecule has 2 unspecified atom stereocenters. The Kier molecular flexibility index (Phi) is 7.69. The molecule has 0 spiro atoms. The van der Waals surface area contributed by atoms with Gasteiger partial charge in [0.05, 0.1) is 12.7 Å². The van der Waals surface area contributed by atoms with Gasteiger partial charge in [0.25, 0.3) is 0 Å². The number of hydrogen-bond acceptors (Lipinski definition) is 4. The van der Waals surface area contributed by atoms with E-state index in [1.807, 2.05) is 13.8 Å². The van der Waals surface area contributed by atoms with E-state index in [4.69, 9.17) is 9.84 Å². The van der Waals surface area contributed by atoms with Gasteiger partial charge in [0.15, 0.2) is 6.10 Å².